The first-order valence-electron chi connectivity index (χ1n) is 6.52. The summed E-state index contributed by atoms with van der Waals surface area (Å²) < 4.78 is 20.0. The van der Waals surface area contributed by atoms with Gasteiger partial charge in [-0.2, -0.15) is 0 Å². The van der Waals surface area contributed by atoms with Crippen molar-refractivity contribution < 1.29 is 13.9 Å². The van der Waals surface area contributed by atoms with Crippen molar-refractivity contribution in [2.45, 2.75) is 25.9 Å². The van der Waals surface area contributed by atoms with Gasteiger partial charge < -0.3 is 10.1 Å². The van der Waals surface area contributed by atoms with Gasteiger partial charge in [0.25, 0.3) is 0 Å². The van der Waals surface area contributed by atoms with Gasteiger partial charge in [-0.05, 0) is 24.0 Å². The Morgan fingerprint density at radius 2 is 2.10 bits per heavy atom. The summed E-state index contributed by atoms with van der Waals surface area (Å²) in [7, 11) is 0. The van der Waals surface area contributed by atoms with Gasteiger partial charge in [0.1, 0.15) is 0 Å². The number of carbonyl (C=O) groups excluding carboxylic acids is 1. The number of nitrogens with one attached hydrogen (secondary N) is 2. The monoisotopic (exact) mass is 298 g/mol. The van der Waals surface area contributed by atoms with Crippen molar-refractivity contribution in [1.82, 2.24) is 5.32 Å². The molecule has 1 aromatic rings. The normalized spacial score (nSPS) is 27.7. The Labute approximate surface area is 121 Å². The van der Waals surface area contributed by atoms with Crippen LogP contribution in [0, 0.1) is 11.2 Å². The fourth-order valence-electron chi connectivity index (χ4n) is 3.21. The molecule has 2 heterocycles. The van der Waals surface area contributed by atoms with E-state index in [1.807, 2.05) is 0 Å². The van der Waals surface area contributed by atoms with Gasteiger partial charge in [0.2, 0.25) is 0 Å². The Hall–Kier alpha value is -1.33. The molecule has 1 fully saturated rings. The molecule has 0 saturated carbocycles. The van der Waals surface area contributed by atoms with Gasteiger partial charge in [0.05, 0.1) is 16.3 Å². The fourth-order valence-corrected chi connectivity index (χ4v) is 3.37. The average Bonchev–Trinajstić information content (AvgIpc) is 2.31. The summed E-state index contributed by atoms with van der Waals surface area (Å²) in [6, 6.07) is 3.06. The number of halogens is 2. The van der Waals surface area contributed by atoms with Crippen LogP contribution in [-0.4, -0.2) is 19.2 Å². The predicted molar refractivity (Wildman–Crippen MR) is 74.5 cm³/mol. The van der Waals surface area contributed by atoms with Gasteiger partial charge in [-0.25, -0.2) is 9.18 Å². The van der Waals surface area contributed by atoms with Crippen LogP contribution < -0.4 is 10.6 Å². The molecule has 0 aliphatic carbocycles. The molecule has 20 heavy (non-hydrogen) atoms. The molecule has 2 N–H and O–H groups in total. The minimum absolute atomic E-state index is 0.0336. The first-order valence-corrected chi connectivity index (χ1v) is 6.90. The molecule has 108 valence electrons. The van der Waals surface area contributed by atoms with Crippen LogP contribution in [0.25, 0.3) is 0 Å². The number of hydrogen-bond acceptors (Lipinski definition) is 3. The van der Waals surface area contributed by atoms with Crippen molar-refractivity contribution >= 4 is 23.4 Å². The van der Waals surface area contributed by atoms with Crippen molar-refractivity contribution in [3.05, 3.63) is 28.5 Å². The van der Waals surface area contributed by atoms with Crippen LogP contribution >= 0.6 is 11.6 Å². The molecule has 1 spiro atoms. The number of fused-ring (bicyclic) bond motifs is 2. The smallest absolute Gasteiger partial charge is 0.412 e. The summed E-state index contributed by atoms with van der Waals surface area (Å²) in [5, 5.41) is 5.80. The van der Waals surface area contributed by atoms with Crippen LogP contribution in [0.15, 0.2) is 12.1 Å². The molecule has 1 aromatic carbocycles. The highest BCUT2D eigenvalue weighted by Gasteiger charge is 2.50. The number of rotatable bonds is 0. The number of piperidine rings is 1. The Balaban J connectivity index is 2.18. The second-order valence-corrected chi connectivity index (χ2v) is 6.64. The molecule has 2 aliphatic rings. The first-order chi connectivity index (χ1) is 9.33. The molecular formula is C14H16ClFN2O2. The van der Waals surface area contributed by atoms with Gasteiger partial charge >= 0.3 is 6.09 Å². The maximum atomic E-state index is 14.5. The molecular weight excluding hydrogens is 283 g/mol. The third-order valence-corrected chi connectivity index (χ3v) is 4.15. The Bertz CT molecular complexity index is 591. The van der Waals surface area contributed by atoms with Crippen molar-refractivity contribution in [2.75, 3.05) is 18.4 Å². The van der Waals surface area contributed by atoms with Crippen molar-refractivity contribution in [3.8, 4) is 0 Å². The topological polar surface area (TPSA) is 50.4 Å². The second-order valence-electron chi connectivity index (χ2n) is 6.24. The zero-order chi connectivity index (χ0) is 14.5. The summed E-state index contributed by atoms with van der Waals surface area (Å²) in [4.78, 5) is 11.8. The first kappa shape index (κ1) is 13.6. The van der Waals surface area contributed by atoms with Gasteiger partial charge in [-0.15, -0.1) is 0 Å². The molecule has 0 radical (unpaired) electrons. The summed E-state index contributed by atoms with van der Waals surface area (Å²) in [6.07, 6.45) is -0.0104. The molecule has 1 atom stereocenters. The third kappa shape index (κ3) is 2.05. The van der Waals surface area contributed by atoms with Crippen LogP contribution in [0.4, 0.5) is 14.9 Å². The molecule has 1 amide bonds. The Morgan fingerprint density at radius 3 is 2.80 bits per heavy atom. The van der Waals surface area contributed by atoms with E-state index in [0.29, 0.717) is 24.2 Å². The van der Waals surface area contributed by atoms with Crippen LogP contribution in [0.1, 0.15) is 25.8 Å². The van der Waals surface area contributed by atoms with Crippen molar-refractivity contribution in [2.24, 2.45) is 5.41 Å². The largest absolute Gasteiger partial charge is 0.436 e. The highest BCUT2D eigenvalue weighted by atomic mass is 35.5. The maximum Gasteiger partial charge on any atom is 0.412 e. The lowest BCUT2D eigenvalue weighted by Crippen LogP contribution is -2.55. The van der Waals surface area contributed by atoms with E-state index >= 15 is 0 Å². The van der Waals surface area contributed by atoms with E-state index < -0.39 is 17.5 Å². The minimum Gasteiger partial charge on any atom is -0.436 e. The maximum absolute atomic E-state index is 14.5. The van der Waals surface area contributed by atoms with E-state index in [1.165, 1.54) is 6.07 Å². The summed E-state index contributed by atoms with van der Waals surface area (Å²) in [6.45, 7) is 5.28. The highest BCUT2D eigenvalue weighted by molar-refractivity contribution is 6.31. The fraction of sp³-hybridized carbons (Fsp3) is 0.500. The third-order valence-electron chi connectivity index (χ3n) is 3.85. The van der Waals surface area contributed by atoms with Crippen LogP contribution in [0.3, 0.4) is 0 Å². The SMILES string of the molecule is CC1(C)CNC[C@]2(C1)OC(=O)Nc1ccc(Cl)c(F)c12. The number of hydrogen-bond donors (Lipinski definition) is 2. The number of carbonyl (C=O) groups is 1. The average molecular weight is 299 g/mol. The lowest BCUT2D eigenvalue weighted by atomic mass is 9.73. The van der Waals surface area contributed by atoms with Gasteiger partial charge in [0.15, 0.2) is 11.4 Å². The minimum atomic E-state index is -1.01. The van der Waals surface area contributed by atoms with Gasteiger partial charge in [-0.3, -0.25) is 5.32 Å². The Kier molecular flexibility index (Phi) is 2.95. The summed E-state index contributed by atoms with van der Waals surface area (Å²) in [5.74, 6) is -0.524. The molecule has 3 rings (SSSR count). The van der Waals surface area contributed by atoms with Crippen molar-refractivity contribution in [3.63, 3.8) is 0 Å². The Morgan fingerprint density at radius 1 is 1.35 bits per heavy atom. The molecule has 0 aromatic heterocycles. The predicted octanol–water partition coefficient (Wildman–Crippen LogP) is 3.26. The summed E-state index contributed by atoms with van der Waals surface area (Å²) in [5.41, 5.74) is -0.344. The number of benzene rings is 1. The van der Waals surface area contributed by atoms with E-state index in [1.54, 1.807) is 6.07 Å². The molecule has 1 saturated heterocycles. The number of ether oxygens (including phenoxy) is 1. The lowest BCUT2D eigenvalue weighted by Gasteiger charge is -2.47. The second kappa shape index (κ2) is 4.33. The van der Waals surface area contributed by atoms with Crippen LogP contribution in [-0.2, 0) is 10.3 Å². The van der Waals surface area contributed by atoms with E-state index in [9.17, 15) is 9.18 Å². The number of amides is 1. The quantitative estimate of drug-likeness (QED) is 0.773. The highest BCUT2D eigenvalue weighted by Crippen LogP contribution is 2.47. The molecule has 4 nitrogen and oxygen atoms in total. The number of anilines is 1. The zero-order valence-corrected chi connectivity index (χ0v) is 12.1. The van der Waals surface area contributed by atoms with E-state index in [2.05, 4.69) is 24.5 Å². The standard InChI is InChI=1S/C14H16ClFN2O2/c1-13(2)5-14(7-17-6-13)10-9(18-12(19)20-14)4-3-8(15)11(10)16/h3-4,17H,5-7H2,1-2H3,(H,18,19)/t14-/m0/s1. The molecule has 0 bridgehead atoms. The molecule has 0 unspecified atom stereocenters. The summed E-state index contributed by atoms with van der Waals surface area (Å²) >= 11 is 5.89. The molecule has 2 aliphatic heterocycles. The molecule has 6 heteroatoms. The van der Waals surface area contributed by atoms with E-state index in [4.69, 9.17) is 16.3 Å². The van der Waals surface area contributed by atoms with Gasteiger partial charge in [0, 0.05) is 13.1 Å². The van der Waals surface area contributed by atoms with E-state index in [0.717, 1.165) is 6.54 Å². The van der Waals surface area contributed by atoms with Crippen LogP contribution in [0.5, 0.6) is 0 Å². The zero-order valence-electron chi connectivity index (χ0n) is 11.3. The van der Waals surface area contributed by atoms with E-state index in [-0.39, 0.29) is 10.4 Å². The van der Waals surface area contributed by atoms with Gasteiger partial charge in [-0.1, -0.05) is 25.4 Å². The van der Waals surface area contributed by atoms with Crippen molar-refractivity contribution in [1.29, 1.82) is 0 Å². The van der Waals surface area contributed by atoms with Crippen LogP contribution in [0.2, 0.25) is 5.02 Å². The lowest BCUT2D eigenvalue weighted by molar-refractivity contribution is -0.0437.